The monoisotopic (exact) mass is 349 g/mol. The summed E-state index contributed by atoms with van der Waals surface area (Å²) >= 11 is 11.2. The second-order valence-corrected chi connectivity index (χ2v) is 6.70. The Morgan fingerprint density at radius 3 is 2.94 bits per heavy atom. The molecule has 0 radical (unpaired) electrons. The fourth-order valence-corrected chi connectivity index (χ4v) is 2.82. The van der Waals surface area contributed by atoms with Crippen molar-refractivity contribution in [2.24, 2.45) is 0 Å². The van der Waals surface area contributed by atoms with Gasteiger partial charge < -0.3 is 5.32 Å². The quantitative estimate of drug-likeness (QED) is 0.772. The van der Waals surface area contributed by atoms with Gasteiger partial charge >= 0.3 is 0 Å². The van der Waals surface area contributed by atoms with Crippen LogP contribution in [0.5, 0.6) is 0 Å². The topological polar surface area (TPSA) is 29.1 Å². The Morgan fingerprint density at radius 2 is 2.28 bits per heavy atom. The third-order valence-corrected chi connectivity index (χ3v) is 4.21. The normalized spacial score (nSPS) is 12.2. The molecule has 0 aliphatic rings. The van der Waals surface area contributed by atoms with E-state index in [1.54, 1.807) is 12.1 Å². The molecule has 0 saturated carbocycles. The van der Waals surface area contributed by atoms with Gasteiger partial charge in [-0.1, -0.05) is 34.5 Å². The van der Waals surface area contributed by atoms with Crippen LogP contribution < -0.4 is 5.32 Å². The van der Waals surface area contributed by atoms with E-state index in [9.17, 15) is 4.79 Å². The van der Waals surface area contributed by atoms with Crippen LogP contribution in [-0.4, -0.2) is 23.5 Å². The first-order valence-corrected chi connectivity index (χ1v) is 8.20. The van der Waals surface area contributed by atoms with E-state index in [4.69, 9.17) is 11.6 Å². The Bertz CT molecular complexity index is 414. The van der Waals surface area contributed by atoms with Gasteiger partial charge in [0.2, 0.25) is 0 Å². The van der Waals surface area contributed by atoms with Crippen LogP contribution in [0.3, 0.4) is 0 Å². The molecule has 1 aromatic carbocycles. The molecule has 1 rings (SSSR count). The predicted molar refractivity (Wildman–Crippen MR) is 83.7 cm³/mol. The SMILES string of the molecule is CCSCCC(C)NC(=O)c1cc(Br)ccc1Cl. The van der Waals surface area contributed by atoms with E-state index in [1.807, 2.05) is 24.8 Å². The average molecular weight is 351 g/mol. The molecule has 0 saturated heterocycles. The largest absolute Gasteiger partial charge is 0.350 e. The van der Waals surface area contributed by atoms with E-state index >= 15 is 0 Å². The van der Waals surface area contributed by atoms with Gasteiger partial charge in [-0.3, -0.25) is 4.79 Å². The molecule has 1 N–H and O–H groups in total. The Balaban J connectivity index is 2.56. The summed E-state index contributed by atoms with van der Waals surface area (Å²) in [5.74, 6) is 2.05. The molecule has 0 aliphatic heterocycles. The van der Waals surface area contributed by atoms with Crippen molar-refractivity contribution in [2.75, 3.05) is 11.5 Å². The molecule has 18 heavy (non-hydrogen) atoms. The zero-order chi connectivity index (χ0) is 13.5. The van der Waals surface area contributed by atoms with Crippen molar-refractivity contribution in [3.63, 3.8) is 0 Å². The highest BCUT2D eigenvalue weighted by Crippen LogP contribution is 2.21. The Hall–Kier alpha value is -0.190. The summed E-state index contributed by atoms with van der Waals surface area (Å²) in [5.41, 5.74) is 0.515. The number of carbonyl (C=O) groups is 1. The summed E-state index contributed by atoms with van der Waals surface area (Å²) in [6.45, 7) is 4.15. The zero-order valence-corrected chi connectivity index (χ0v) is 13.7. The predicted octanol–water partition coefficient (Wildman–Crippen LogP) is 4.36. The van der Waals surface area contributed by atoms with Gasteiger partial charge in [-0.25, -0.2) is 0 Å². The minimum atomic E-state index is -0.115. The third kappa shape index (κ3) is 5.21. The lowest BCUT2D eigenvalue weighted by Gasteiger charge is -2.14. The summed E-state index contributed by atoms with van der Waals surface area (Å²) in [7, 11) is 0. The van der Waals surface area contributed by atoms with E-state index in [0.717, 1.165) is 22.4 Å². The van der Waals surface area contributed by atoms with Crippen LogP contribution in [0.4, 0.5) is 0 Å². The number of amides is 1. The molecule has 100 valence electrons. The van der Waals surface area contributed by atoms with Crippen molar-refractivity contribution < 1.29 is 4.79 Å². The molecule has 5 heteroatoms. The molecule has 0 aliphatic carbocycles. The van der Waals surface area contributed by atoms with Crippen LogP contribution in [0.25, 0.3) is 0 Å². The molecule has 1 aromatic rings. The van der Waals surface area contributed by atoms with Crippen LogP contribution in [0.15, 0.2) is 22.7 Å². The number of hydrogen-bond donors (Lipinski definition) is 1. The summed E-state index contributed by atoms with van der Waals surface area (Å²) in [4.78, 5) is 12.0. The number of rotatable bonds is 6. The minimum absolute atomic E-state index is 0.115. The summed E-state index contributed by atoms with van der Waals surface area (Å²) in [5, 5.41) is 3.44. The second kappa shape index (κ2) is 8.08. The first kappa shape index (κ1) is 15.9. The van der Waals surface area contributed by atoms with Gasteiger partial charge in [0.25, 0.3) is 5.91 Å². The van der Waals surface area contributed by atoms with Gasteiger partial charge in [0.05, 0.1) is 10.6 Å². The molecule has 0 aromatic heterocycles. The number of hydrogen-bond acceptors (Lipinski definition) is 2. The maximum atomic E-state index is 12.0. The lowest BCUT2D eigenvalue weighted by Crippen LogP contribution is -2.33. The average Bonchev–Trinajstić information content (AvgIpc) is 2.32. The van der Waals surface area contributed by atoms with E-state index in [1.165, 1.54) is 0 Å². The molecule has 1 unspecified atom stereocenters. The number of nitrogens with one attached hydrogen (secondary N) is 1. The molecule has 0 spiro atoms. The number of halogens is 2. The van der Waals surface area contributed by atoms with Crippen molar-refractivity contribution in [1.82, 2.24) is 5.32 Å². The van der Waals surface area contributed by atoms with E-state index in [2.05, 4.69) is 28.2 Å². The number of carbonyl (C=O) groups excluding carboxylic acids is 1. The van der Waals surface area contributed by atoms with Crippen molar-refractivity contribution in [1.29, 1.82) is 0 Å². The molecule has 0 fully saturated rings. The van der Waals surface area contributed by atoms with Crippen molar-refractivity contribution in [2.45, 2.75) is 26.3 Å². The number of thioether (sulfide) groups is 1. The smallest absolute Gasteiger partial charge is 0.253 e. The highest BCUT2D eigenvalue weighted by molar-refractivity contribution is 9.10. The maximum Gasteiger partial charge on any atom is 0.253 e. The lowest BCUT2D eigenvalue weighted by molar-refractivity contribution is 0.0939. The van der Waals surface area contributed by atoms with Gasteiger partial charge in [0.1, 0.15) is 0 Å². The van der Waals surface area contributed by atoms with Crippen LogP contribution in [0, 0.1) is 0 Å². The standard InChI is InChI=1S/C13H17BrClNOS/c1-3-18-7-6-9(2)16-13(17)11-8-10(14)4-5-12(11)15/h4-5,8-9H,3,6-7H2,1-2H3,(H,16,17). The molecule has 1 atom stereocenters. The van der Waals surface area contributed by atoms with Gasteiger partial charge in [0.15, 0.2) is 0 Å². The van der Waals surface area contributed by atoms with Crippen LogP contribution in [0.1, 0.15) is 30.6 Å². The fourth-order valence-electron chi connectivity index (χ4n) is 1.45. The van der Waals surface area contributed by atoms with Crippen molar-refractivity contribution in [3.8, 4) is 0 Å². The van der Waals surface area contributed by atoms with Crippen LogP contribution in [0.2, 0.25) is 5.02 Å². The summed E-state index contributed by atoms with van der Waals surface area (Å²) in [6.07, 6.45) is 0.968. The number of benzene rings is 1. The van der Waals surface area contributed by atoms with E-state index < -0.39 is 0 Å². The van der Waals surface area contributed by atoms with Gasteiger partial charge in [-0.15, -0.1) is 0 Å². The van der Waals surface area contributed by atoms with Crippen molar-refractivity contribution >= 4 is 45.2 Å². The molecular formula is C13H17BrClNOS. The Labute approximate surface area is 126 Å². The Morgan fingerprint density at radius 1 is 1.56 bits per heavy atom. The van der Waals surface area contributed by atoms with E-state index in [0.29, 0.717) is 10.6 Å². The molecule has 0 heterocycles. The first-order valence-electron chi connectivity index (χ1n) is 5.88. The fraction of sp³-hybridized carbons (Fsp3) is 0.462. The molecule has 0 bridgehead atoms. The van der Waals surface area contributed by atoms with Crippen LogP contribution in [-0.2, 0) is 0 Å². The molecule has 2 nitrogen and oxygen atoms in total. The lowest BCUT2D eigenvalue weighted by atomic mass is 10.2. The van der Waals surface area contributed by atoms with E-state index in [-0.39, 0.29) is 11.9 Å². The maximum absolute atomic E-state index is 12.0. The van der Waals surface area contributed by atoms with Gasteiger partial charge in [-0.2, -0.15) is 11.8 Å². The highest BCUT2D eigenvalue weighted by atomic mass is 79.9. The highest BCUT2D eigenvalue weighted by Gasteiger charge is 2.13. The minimum Gasteiger partial charge on any atom is -0.350 e. The summed E-state index contributed by atoms with van der Waals surface area (Å²) < 4.78 is 0.853. The van der Waals surface area contributed by atoms with Gasteiger partial charge in [-0.05, 0) is 43.0 Å². The first-order chi connectivity index (χ1) is 8.54. The molecule has 1 amide bonds. The van der Waals surface area contributed by atoms with Crippen LogP contribution >= 0.6 is 39.3 Å². The Kier molecular flexibility index (Phi) is 7.12. The zero-order valence-electron chi connectivity index (χ0n) is 10.5. The van der Waals surface area contributed by atoms with Crippen molar-refractivity contribution in [3.05, 3.63) is 33.3 Å². The third-order valence-electron chi connectivity index (χ3n) is 2.45. The second-order valence-electron chi connectivity index (χ2n) is 3.98. The van der Waals surface area contributed by atoms with Gasteiger partial charge in [0, 0.05) is 10.5 Å². The summed E-state index contributed by atoms with van der Waals surface area (Å²) in [6, 6.07) is 5.44. The molecular weight excluding hydrogens is 334 g/mol.